The van der Waals surface area contributed by atoms with Crippen molar-refractivity contribution >= 4 is 21.9 Å². The highest BCUT2D eigenvalue weighted by atomic mass is 79.9. The summed E-state index contributed by atoms with van der Waals surface area (Å²) in [6.07, 6.45) is 0. The first-order valence-corrected chi connectivity index (χ1v) is 6.76. The molecule has 106 valence electrons. The summed E-state index contributed by atoms with van der Waals surface area (Å²) in [5.74, 6) is 0.459. The molecule has 0 aliphatic rings. The van der Waals surface area contributed by atoms with Crippen molar-refractivity contribution in [3.8, 4) is 11.5 Å². The molecule has 0 atom stereocenters. The number of aliphatic hydroxyl groups excluding tert-OH is 1. The second-order valence-electron chi connectivity index (χ2n) is 3.59. The molecular formula is C13H17BrO5. The van der Waals surface area contributed by atoms with Crippen molar-refractivity contribution < 1.29 is 24.1 Å². The molecule has 1 N–H and O–H groups in total. The largest absolute Gasteiger partial charge is 0.490 e. The van der Waals surface area contributed by atoms with Gasteiger partial charge in [-0.1, -0.05) is 0 Å². The molecule has 0 aliphatic carbocycles. The Morgan fingerprint density at radius 2 is 2.00 bits per heavy atom. The maximum Gasteiger partial charge on any atom is 0.344 e. The number of carbonyl (C=O) groups is 1. The van der Waals surface area contributed by atoms with E-state index in [0.29, 0.717) is 34.7 Å². The quantitative estimate of drug-likeness (QED) is 0.776. The second-order valence-corrected chi connectivity index (χ2v) is 4.44. The highest BCUT2D eigenvalue weighted by molar-refractivity contribution is 9.10. The van der Waals surface area contributed by atoms with E-state index >= 15 is 0 Å². The summed E-state index contributed by atoms with van der Waals surface area (Å²) in [6, 6.07) is 3.39. The minimum absolute atomic E-state index is 0.100. The third-order valence-corrected chi connectivity index (χ3v) is 2.78. The van der Waals surface area contributed by atoms with Gasteiger partial charge in [-0.15, -0.1) is 0 Å². The van der Waals surface area contributed by atoms with Crippen molar-refractivity contribution in [2.75, 3.05) is 19.8 Å². The number of esters is 1. The Bertz CT molecular complexity index is 433. The van der Waals surface area contributed by atoms with Gasteiger partial charge >= 0.3 is 5.97 Å². The molecule has 5 nitrogen and oxygen atoms in total. The van der Waals surface area contributed by atoms with Gasteiger partial charge in [0.1, 0.15) is 0 Å². The monoisotopic (exact) mass is 332 g/mol. The SMILES string of the molecule is CCOC(=O)COc1c(Br)cc(CO)cc1OCC. The van der Waals surface area contributed by atoms with Gasteiger partial charge in [-0.3, -0.25) is 0 Å². The Morgan fingerprint density at radius 1 is 1.26 bits per heavy atom. The van der Waals surface area contributed by atoms with Crippen LogP contribution >= 0.6 is 15.9 Å². The topological polar surface area (TPSA) is 65.0 Å². The number of benzene rings is 1. The summed E-state index contributed by atoms with van der Waals surface area (Å²) in [5, 5.41) is 9.14. The Labute approximate surface area is 120 Å². The summed E-state index contributed by atoms with van der Waals surface area (Å²) in [4.78, 5) is 11.3. The van der Waals surface area contributed by atoms with Crippen molar-refractivity contribution in [1.82, 2.24) is 0 Å². The van der Waals surface area contributed by atoms with E-state index in [1.807, 2.05) is 6.92 Å². The third-order valence-electron chi connectivity index (χ3n) is 2.19. The number of hydrogen-bond donors (Lipinski definition) is 1. The molecule has 0 saturated carbocycles. The summed E-state index contributed by atoms with van der Waals surface area (Å²) < 4.78 is 16.2. The molecule has 0 radical (unpaired) electrons. The van der Waals surface area contributed by atoms with Gasteiger partial charge < -0.3 is 19.3 Å². The first kappa shape index (κ1) is 15.8. The molecule has 0 aromatic heterocycles. The minimum atomic E-state index is -0.442. The summed E-state index contributed by atoms with van der Waals surface area (Å²) in [6.45, 7) is 4.05. The van der Waals surface area contributed by atoms with E-state index in [9.17, 15) is 4.79 Å². The number of aliphatic hydroxyl groups is 1. The predicted molar refractivity (Wildman–Crippen MR) is 73.4 cm³/mol. The van der Waals surface area contributed by atoms with E-state index < -0.39 is 5.97 Å². The average Bonchev–Trinajstić information content (AvgIpc) is 2.38. The number of ether oxygens (including phenoxy) is 3. The molecule has 0 unspecified atom stereocenters. The standard InChI is InChI=1S/C13H17BrO5/c1-3-17-11-6-9(7-15)5-10(14)13(11)19-8-12(16)18-4-2/h5-6,15H,3-4,7-8H2,1-2H3. The Morgan fingerprint density at radius 3 is 2.58 bits per heavy atom. The fourth-order valence-electron chi connectivity index (χ4n) is 1.45. The van der Waals surface area contributed by atoms with Crippen LogP contribution in [-0.4, -0.2) is 30.9 Å². The molecule has 0 amide bonds. The molecule has 19 heavy (non-hydrogen) atoms. The molecule has 0 fully saturated rings. The van der Waals surface area contributed by atoms with Gasteiger partial charge in [0.2, 0.25) is 0 Å². The Hall–Kier alpha value is -1.27. The van der Waals surface area contributed by atoms with Gasteiger partial charge in [0.25, 0.3) is 0 Å². The van der Waals surface area contributed by atoms with Crippen LogP contribution in [0.1, 0.15) is 19.4 Å². The van der Waals surface area contributed by atoms with Gasteiger partial charge in [-0.2, -0.15) is 0 Å². The minimum Gasteiger partial charge on any atom is -0.490 e. The smallest absolute Gasteiger partial charge is 0.344 e. The molecule has 0 spiro atoms. The molecule has 6 heteroatoms. The zero-order valence-corrected chi connectivity index (χ0v) is 12.5. The van der Waals surface area contributed by atoms with E-state index in [-0.39, 0.29) is 13.2 Å². The van der Waals surface area contributed by atoms with Crippen LogP contribution in [-0.2, 0) is 16.1 Å². The first-order valence-electron chi connectivity index (χ1n) is 5.96. The lowest BCUT2D eigenvalue weighted by Crippen LogP contribution is -2.15. The van der Waals surface area contributed by atoms with Gasteiger partial charge in [-0.25, -0.2) is 4.79 Å². The van der Waals surface area contributed by atoms with Gasteiger partial charge in [0.15, 0.2) is 18.1 Å². The maximum atomic E-state index is 11.3. The lowest BCUT2D eigenvalue weighted by atomic mass is 10.2. The Balaban J connectivity index is 2.88. The van der Waals surface area contributed by atoms with Crippen LogP contribution in [0.2, 0.25) is 0 Å². The number of halogens is 1. The zero-order chi connectivity index (χ0) is 14.3. The highest BCUT2D eigenvalue weighted by Crippen LogP contribution is 2.36. The van der Waals surface area contributed by atoms with Crippen molar-refractivity contribution in [2.45, 2.75) is 20.5 Å². The molecule has 1 aromatic carbocycles. The lowest BCUT2D eigenvalue weighted by molar-refractivity contribution is -0.145. The molecule has 0 saturated heterocycles. The second kappa shape index (κ2) is 8.01. The average molecular weight is 333 g/mol. The van der Waals surface area contributed by atoms with Crippen molar-refractivity contribution in [1.29, 1.82) is 0 Å². The number of rotatable bonds is 7. The molecule has 1 aromatic rings. The fourth-order valence-corrected chi connectivity index (χ4v) is 2.05. The third kappa shape index (κ3) is 4.72. The van der Waals surface area contributed by atoms with Gasteiger partial charge in [0, 0.05) is 0 Å². The van der Waals surface area contributed by atoms with Crippen LogP contribution < -0.4 is 9.47 Å². The summed E-state index contributed by atoms with van der Waals surface area (Å²) >= 11 is 3.33. The van der Waals surface area contributed by atoms with Crippen LogP contribution in [0.15, 0.2) is 16.6 Å². The van der Waals surface area contributed by atoms with Crippen LogP contribution in [0.5, 0.6) is 11.5 Å². The van der Waals surface area contributed by atoms with E-state index in [1.165, 1.54) is 0 Å². The van der Waals surface area contributed by atoms with Gasteiger partial charge in [0.05, 0.1) is 24.3 Å². The Kier molecular flexibility index (Phi) is 6.66. The number of hydrogen-bond acceptors (Lipinski definition) is 5. The molecule has 1 rings (SSSR count). The molecule has 0 bridgehead atoms. The van der Waals surface area contributed by atoms with Crippen LogP contribution in [0, 0.1) is 0 Å². The predicted octanol–water partition coefficient (Wildman–Crippen LogP) is 2.28. The van der Waals surface area contributed by atoms with Gasteiger partial charge in [-0.05, 0) is 47.5 Å². The van der Waals surface area contributed by atoms with Crippen molar-refractivity contribution in [2.24, 2.45) is 0 Å². The summed E-state index contributed by atoms with van der Waals surface area (Å²) in [5.41, 5.74) is 0.693. The van der Waals surface area contributed by atoms with E-state index in [4.69, 9.17) is 19.3 Å². The molecule has 0 heterocycles. The normalized spacial score (nSPS) is 10.1. The summed E-state index contributed by atoms with van der Waals surface area (Å²) in [7, 11) is 0. The molecular weight excluding hydrogens is 316 g/mol. The molecule has 0 aliphatic heterocycles. The maximum absolute atomic E-state index is 11.3. The van der Waals surface area contributed by atoms with E-state index in [1.54, 1.807) is 19.1 Å². The van der Waals surface area contributed by atoms with Crippen molar-refractivity contribution in [3.05, 3.63) is 22.2 Å². The van der Waals surface area contributed by atoms with Crippen molar-refractivity contribution in [3.63, 3.8) is 0 Å². The van der Waals surface area contributed by atoms with E-state index in [0.717, 1.165) is 0 Å². The van der Waals surface area contributed by atoms with Crippen LogP contribution in [0.3, 0.4) is 0 Å². The fraction of sp³-hybridized carbons (Fsp3) is 0.462. The van der Waals surface area contributed by atoms with E-state index in [2.05, 4.69) is 15.9 Å². The highest BCUT2D eigenvalue weighted by Gasteiger charge is 2.14. The first-order chi connectivity index (χ1) is 9.12. The zero-order valence-electron chi connectivity index (χ0n) is 10.9. The lowest BCUT2D eigenvalue weighted by Gasteiger charge is -2.14. The van der Waals surface area contributed by atoms with Crippen LogP contribution in [0.25, 0.3) is 0 Å². The number of carbonyl (C=O) groups excluding carboxylic acids is 1. The van der Waals surface area contributed by atoms with Crippen LogP contribution in [0.4, 0.5) is 0 Å².